The molecule has 1 aromatic carbocycles. The molecule has 0 radical (unpaired) electrons. The minimum atomic E-state index is -3.66. The van der Waals surface area contributed by atoms with Gasteiger partial charge in [-0.25, -0.2) is 18.4 Å². The number of piperidine rings is 1. The SMILES string of the molecule is O=C(O)C1CCN(c2ncnc(Nc3ccc(S(=O)(=O)N4CCOCC4)cc3)c2[N+](=O)[O-])CC1. The van der Waals surface area contributed by atoms with Gasteiger partial charge in [0.2, 0.25) is 21.7 Å². The summed E-state index contributed by atoms with van der Waals surface area (Å²) in [7, 11) is -3.66. The fourth-order valence-electron chi connectivity index (χ4n) is 3.98. The smallest absolute Gasteiger partial charge is 0.353 e. The molecule has 14 heteroatoms. The molecule has 0 amide bonds. The number of hydrogen-bond donors (Lipinski definition) is 2. The Morgan fingerprint density at radius 1 is 1.12 bits per heavy atom. The molecule has 0 aliphatic carbocycles. The molecule has 2 fully saturated rings. The monoisotopic (exact) mass is 492 g/mol. The topological polar surface area (TPSA) is 168 Å². The van der Waals surface area contributed by atoms with Gasteiger partial charge in [0.25, 0.3) is 0 Å². The summed E-state index contributed by atoms with van der Waals surface area (Å²) in [5, 5.41) is 23.9. The van der Waals surface area contributed by atoms with Gasteiger partial charge in [0.05, 0.1) is 29.0 Å². The molecule has 182 valence electrons. The molecule has 2 saturated heterocycles. The minimum absolute atomic E-state index is 0.0425. The van der Waals surface area contributed by atoms with Gasteiger partial charge in [-0.05, 0) is 37.1 Å². The summed E-state index contributed by atoms with van der Waals surface area (Å²) in [6, 6.07) is 5.88. The number of morpholine rings is 1. The third-order valence-electron chi connectivity index (χ3n) is 5.85. The number of sulfonamides is 1. The van der Waals surface area contributed by atoms with Gasteiger partial charge >= 0.3 is 11.7 Å². The van der Waals surface area contributed by atoms with Gasteiger partial charge in [-0.3, -0.25) is 14.9 Å². The number of aromatic nitrogens is 2. The van der Waals surface area contributed by atoms with Gasteiger partial charge in [0.1, 0.15) is 6.33 Å². The van der Waals surface area contributed by atoms with E-state index >= 15 is 0 Å². The second-order valence-electron chi connectivity index (χ2n) is 7.92. The number of benzene rings is 1. The second kappa shape index (κ2) is 9.87. The molecule has 0 saturated carbocycles. The number of ether oxygens (including phenoxy) is 1. The summed E-state index contributed by atoms with van der Waals surface area (Å²) in [6.45, 7) is 1.88. The zero-order chi connectivity index (χ0) is 24.3. The van der Waals surface area contributed by atoms with Crippen LogP contribution in [0.15, 0.2) is 35.5 Å². The Morgan fingerprint density at radius 2 is 1.76 bits per heavy atom. The van der Waals surface area contributed by atoms with E-state index in [9.17, 15) is 28.4 Å². The summed E-state index contributed by atoms with van der Waals surface area (Å²) in [5.41, 5.74) is 0.0829. The molecule has 0 bridgehead atoms. The molecule has 13 nitrogen and oxygen atoms in total. The number of carbonyl (C=O) groups is 1. The molecule has 3 heterocycles. The number of aliphatic carboxylic acids is 1. The van der Waals surface area contributed by atoms with Crippen molar-refractivity contribution in [3.63, 3.8) is 0 Å². The van der Waals surface area contributed by atoms with E-state index in [4.69, 9.17) is 4.74 Å². The highest BCUT2D eigenvalue weighted by atomic mass is 32.2. The molecule has 0 atom stereocenters. The Labute approximate surface area is 195 Å². The molecule has 2 aliphatic rings. The Hall–Kier alpha value is -3.36. The molecule has 1 aromatic heterocycles. The van der Waals surface area contributed by atoms with Crippen LogP contribution in [0.2, 0.25) is 0 Å². The van der Waals surface area contributed by atoms with Crippen molar-refractivity contribution in [2.45, 2.75) is 17.7 Å². The Kier molecular flexibility index (Phi) is 6.90. The number of anilines is 3. The summed E-state index contributed by atoms with van der Waals surface area (Å²) in [4.78, 5) is 32.4. The lowest BCUT2D eigenvalue weighted by molar-refractivity contribution is -0.383. The normalized spacial score (nSPS) is 17.9. The fourth-order valence-corrected chi connectivity index (χ4v) is 5.39. The minimum Gasteiger partial charge on any atom is -0.481 e. The maximum atomic E-state index is 12.8. The van der Waals surface area contributed by atoms with Gasteiger partial charge in [0.15, 0.2) is 0 Å². The number of carboxylic acids is 1. The van der Waals surface area contributed by atoms with Crippen molar-refractivity contribution in [3.8, 4) is 0 Å². The van der Waals surface area contributed by atoms with Gasteiger partial charge in [0, 0.05) is 31.9 Å². The van der Waals surface area contributed by atoms with Crippen molar-refractivity contribution in [1.29, 1.82) is 0 Å². The quantitative estimate of drug-likeness (QED) is 0.424. The van der Waals surface area contributed by atoms with Crippen LogP contribution in [0.3, 0.4) is 0 Å². The van der Waals surface area contributed by atoms with Crippen LogP contribution in [0.4, 0.5) is 23.0 Å². The van der Waals surface area contributed by atoms with Crippen LogP contribution in [-0.4, -0.2) is 78.1 Å². The summed E-state index contributed by atoms with van der Waals surface area (Å²) < 4.78 is 32.1. The highest BCUT2D eigenvalue weighted by Gasteiger charge is 2.32. The number of nitrogens with one attached hydrogen (secondary N) is 1. The van der Waals surface area contributed by atoms with E-state index in [-0.39, 0.29) is 35.3 Å². The highest BCUT2D eigenvalue weighted by molar-refractivity contribution is 7.89. The third-order valence-corrected chi connectivity index (χ3v) is 7.77. The zero-order valence-electron chi connectivity index (χ0n) is 18.2. The lowest BCUT2D eigenvalue weighted by Gasteiger charge is -2.30. The van der Waals surface area contributed by atoms with E-state index in [0.29, 0.717) is 44.8 Å². The zero-order valence-corrected chi connectivity index (χ0v) is 19.0. The van der Waals surface area contributed by atoms with Crippen LogP contribution in [-0.2, 0) is 19.6 Å². The van der Waals surface area contributed by atoms with Crippen molar-refractivity contribution in [3.05, 3.63) is 40.7 Å². The number of nitrogens with zero attached hydrogens (tertiary/aromatic N) is 5. The molecule has 2 N–H and O–H groups in total. The molecule has 2 aliphatic heterocycles. The van der Waals surface area contributed by atoms with Crippen LogP contribution in [0, 0.1) is 16.0 Å². The standard InChI is InChI=1S/C20H24N6O7S/c27-20(28)14-5-7-24(8-6-14)19-17(26(29)30)18(21-13-22-19)23-15-1-3-16(4-2-15)34(31,32)25-9-11-33-12-10-25/h1-4,13-14H,5-12H2,(H,27,28)(H,21,22,23). The second-order valence-corrected chi connectivity index (χ2v) is 9.85. The largest absolute Gasteiger partial charge is 0.481 e. The summed E-state index contributed by atoms with van der Waals surface area (Å²) >= 11 is 0. The first-order valence-corrected chi connectivity index (χ1v) is 12.1. The lowest BCUT2D eigenvalue weighted by Crippen LogP contribution is -2.40. The molecule has 34 heavy (non-hydrogen) atoms. The maximum Gasteiger partial charge on any atom is 0.353 e. The average molecular weight is 493 g/mol. The number of hydrogen-bond acceptors (Lipinski definition) is 10. The van der Waals surface area contributed by atoms with Crippen molar-refractivity contribution in [2.24, 2.45) is 5.92 Å². The molecule has 2 aromatic rings. The summed E-state index contributed by atoms with van der Waals surface area (Å²) in [6.07, 6.45) is 1.92. The maximum absolute atomic E-state index is 12.8. The molecule has 0 unspecified atom stereocenters. The molecular weight excluding hydrogens is 468 g/mol. The fraction of sp³-hybridized carbons (Fsp3) is 0.450. The van der Waals surface area contributed by atoms with Crippen LogP contribution >= 0.6 is 0 Å². The first-order chi connectivity index (χ1) is 16.3. The predicted molar refractivity (Wildman–Crippen MR) is 121 cm³/mol. The van der Waals surface area contributed by atoms with Crippen LogP contribution in [0.5, 0.6) is 0 Å². The van der Waals surface area contributed by atoms with Gasteiger partial charge < -0.3 is 20.1 Å². The first kappa shape index (κ1) is 23.8. The first-order valence-electron chi connectivity index (χ1n) is 10.7. The number of nitro groups is 1. The van der Waals surface area contributed by atoms with E-state index in [1.54, 1.807) is 4.90 Å². The van der Waals surface area contributed by atoms with Crippen molar-refractivity contribution >= 4 is 39.0 Å². The number of rotatable bonds is 7. The molecule has 0 spiro atoms. The van der Waals surface area contributed by atoms with Gasteiger partial charge in [-0.2, -0.15) is 4.31 Å². The van der Waals surface area contributed by atoms with Crippen molar-refractivity contribution < 1.29 is 28.0 Å². The van der Waals surface area contributed by atoms with E-state index < -0.39 is 26.8 Å². The molecular formula is C20H24N6O7S. The lowest BCUT2D eigenvalue weighted by atomic mass is 9.97. The average Bonchev–Trinajstić information content (AvgIpc) is 2.84. The van der Waals surface area contributed by atoms with Crippen LogP contribution in [0.25, 0.3) is 0 Å². The van der Waals surface area contributed by atoms with E-state index in [1.165, 1.54) is 34.9 Å². The van der Waals surface area contributed by atoms with E-state index in [1.807, 2.05) is 0 Å². The third kappa shape index (κ3) is 4.93. The molecule has 4 rings (SSSR count). The Balaban J connectivity index is 1.54. The highest BCUT2D eigenvalue weighted by Crippen LogP contribution is 2.35. The summed E-state index contributed by atoms with van der Waals surface area (Å²) in [5.74, 6) is -1.29. The number of carboxylic acid groups (broad SMARTS) is 1. The van der Waals surface area contributed by atoms with Crippen molar-refractivity contribution in [1.82, 2.24) is 14.3 Å². The van der Waals surface area contributed by atoms with E-state index in [0.717, 1.165) is 0 Å². The van der Waals surface area contributed by atoms with Gasteiger partial charge in [-0.1, -0.05) is 0 Å². The van der Waals surface area contributed by atoms with E-state index in [2.05, 4.69) is 15.3 Å². The van der Waals surface area contributed by atoms with Crippen LogP contribution in [0.1, 0.15) is 12.8 Å². The Morgan fingerprint density at radius 3 is 2.35 bits per heavy atom. The van der Waals surface area contributed by atoms with Crippen LogP contribution < -0.4 is 10.2 Å². The van der Waals surface area contributed by atoms with Crippen molar-refractivity contribution in [2.75, 3.05) is 49.6 Å². The van der Waals surface area contributed by atoms with Gasteiger partial charge in [-0.15, -0.1) is 0 Å². The Bertz CT molecular complexity index is 1160. The predicted octanol–water partition coefficient (Wildman–Crippen LogP) is 1.45.